The summed E-state index contributed by atoms with van der Waals surface area (Å²) in [5.74, 6) is 1.53. The summed E-state index contributed by atoms with van der Waals surface area (Å²) in [6, 6.07) is 0. The van der Waals surface area contributed by atoms with Crippen molar-refractivity contribution in [3.63, 3.8) is 0 Å². The Hall–Kier alpha value is -0.340. The van der Waals surface area contributed by atoms with Gasteiger partial charge in [-0.05, 0) is 51.4 Å². The molecule has 2 nitrogen and oxygen atoms in total. The lowest BCUT2D eigenvalue weighted by Gasteiger charge is -2.50. The van der Waals surface area contributed by atoms with Crippen molar-refractivity contribution in [1.29, 1.82) is 0 Å². The number of fused-ring (bicyclic) bond motifs is 3. The fourth-order valence-electron chi connectivity index (χ4n) is 5.77. The number of rotatable bonds is 2. The van der Waals surface area contributed by atoms with Crippen molar-refractivity contribution in [3.05, 3.63) is 11.6 Å². The van der Waals surface area contributed by atoms with Gasteiger partial charge in [-0.1, -0.05) is 24.5 Å². The first kappa shape index (κ1) is 15.2. The first-order valence-corrected chi connectivity index (χ1v) is 9.94. The topological polar surface area (TPSA) is 9.23 Å². The molecule has 4 atom stereocenters. The zero-order valence-electron chi connectivity index (χ0n) is 14.4. The summed E-state index contributed by atoms with van der Waals surface area (Å²) in [5.41, 5.74) is 1.83. The van der Waals surface area contributed by atoms with E-state index < -0.39 is 0 Å². The standard InChI is InChI=1S/C20H34NO/c1-21(13-7-2-8-14-21)15-20-18-11-4-3-9-16(18)17-10-5-6-12-19(17)22-20/h9,17-20H,2-8,10-15H2,1H3/q+1. The number of nitrogens with zero attached hydrogens (tertiary/aromatic N) is 1. The molecule has 2 aliphatic heterocycles. The fraction of sp³-hybridized carbons (Fsp3) is 0.900. The van der Waals surface area contributed by atoms with E-state index in [-0.39, 0.29) is 0 Å². The van der Waals surface area contributed by atoms with Gasteiger partial charge in [0.25, 0.3) is 0 Å². The molecule has 3 fully saturated rings. The van der Waals surface area contributed by atoms with Gasteiger partial charge in [-0.3, -0.25) is 0 Å². The Morgan fingerprint density at radius 2 is 1.73 bits per heavy atom. The molecular formula is C20H34NO+. The monoisotopic (exact) mass is 304 g/mol. The van der Waals surface area contributed by atoms with Crippen molar-refractivity contribution in [2.24, 2.45) is 11.8 Å². The summed E-state index contributed by atoms with van der Waals surface area (Å²) >= 11 is 0. The van der Waals surface area contributed by atoms with Gasteiger partial charge in [0.05, 0.1) is 26.2 Å². The van der Waals surface area contributed by atoms with Crippen LogP contribution in [0.1, 0.15) is 64.2 Å². The normalized spacial score (nSPS) is 41.2. The number of allylic oxidation sites excluding steroid dienone is 1. The van der Waals surface area contributed by atoms with E-state index in [0.717, 1.165) is 11.8 Å². The highest BCUT2D eigenvalue weighted by molar-refractivity contribution is 5.20. The van der Waals surface area contributed by atoms with Crippen LogP contribution in [0.3, 0.4) is 0 Å². The van der Waals surface area contributed by atoms with E-state index in [1.54, 1.807) is 0 Å². The molecule has 0 radical (unpaired) electrons. The summed E-state index contributed by atoms with van der Waals surface area (Å²) in [5, 5.41) is 0. The smallest absolute Gasteiger partial charge is 0.113 e. The van der Waals surface area contributed by atoms with Crippen molar-refractivity contribution in [2.45, 2.75) is 76.4 Å². The van der Waals surface area contributed by atoms with Crippen LogP contribution in [0.4, 0.5) is 0 Å². The Morgan fingerprint density at radius 1 is 0.955 bits per heavy atom. The lowest BCUT2D eigenvalue weighted by Crippen LogP contribution is -2.57. The highest BCUT2D eigenvalue weighted by Crippen LogP contribution is 2.46. The SMILES string of the molecule is C[N+]1(CC2OC3CCCCC3C3=CCCCC32)CCCCC1. The number of quaternary nitrogens is 1. The Balaban J connectivity index is 1.53. The number of likely N-dealkylation sites (tertiary alicyclic amines) is 1. The molecule has 124 valence electrons. The Labute approximate surface area is 136 Å². The minimum absolute atomic E-state index is 0.508. The molecule has 2 saturated heterocycles. The molecule has 4 unspecified atom stereocenters. The van der Waals surface area contributed by atoms with E-state index >= 15 is 0 Å². The molecule has 0 amide bonds. The molecule has 2 heteroatoms. The van der Waals surface area contributed by atoms with E-state index in [2.05, 4.69) is 13.1 Å². The number of hydrogen-bond acceptors (Lipinski definition) is 1. The molecule has 2 aliphatic carbocycles. The van der Waals surface area contributed by atoms with E-state index in [4.69, 9.17) is 4.74 Å². The fourth-order valence-corrected chi connectivity index (χ4v) is 5.77. The van der Waals surface area contributed by atoms with Crippen LogP contribution >= 0.6 is 0 Å². The Morgan fingerprint density at radius 3 is 2.59 bits per heavy atom. The summed E-state index contributed by atoms with van der Waals surface area (Å²) in [6.07, 6.45) is 17.6. The van der Waals surface area contributed by atoms with Crippen LogP contribution in [0.25, 0.3) is 0 Å². The van der Waals surface area contributed by atoms with Crippen LogP contribution in [0.5, 0.6) is 0 Å². The molecular weight excluding hydrogens is 270 g/mol. The summed E-state index contributed by atoms with van der Waals surface area (Å²) in [4.78, 5) is 0. The van der Waals surface area contributed by atoms with E-state index in [9.17, 15) is 0 Å². The quantitative estimate of drug-likeness (QED) is 0.546. The van der Waals surface area contributed by atoms with Crippen molar-refractivity contribution in [3.8, 4) is 0 Å². The predicted molar refractivity (Wildman–Crippen MR) is 90.7 cm³/mol. The van der Waals surface area contributed by atoms with Crippen LogP contribution in [0.2, 0.25) is 0 Å². The minimum Gasteiger partial charge on any atom is -0.368 e. The van der Waals surface area contributed by atoms with Crippen LogP contribution in [-0.2, 0) is 4.74 Å². The van der Waals surface area contributed by atoms with Crippen LogP contribution in [0, 0.1) is 11.8 Å². The third-order valence-electron chi connectivity index (χ3n) is 6.97. The highest BCUT2D eigenvalue weighted by atomic mass is 16.5. The Kier molecular flexibility index (Phi) is 4.34. The van der Waals surface area contributed by atoms with Crippen LogP contribution < -0.4 is 0 Å². The second-order valence-corrected chi connectivity index (χ2v) is 8.66. The van der Waals surface area contributed by atoms with Gasteiger partial charge in [-0.2, -0.15) is 0 Å². The van der Waals surface area contributed by atoms with E-state index in [1.807, 2.05) is 5.57 Å². The van der Waals surface area contributed by atoms with Gasteiger partial charge >= 0.3 is 0 Å². The van der Waals surface area contributed by atoms with Crippen molar-refractivity contribution in [2.75, 3.05) is 26.7 Å². The third-order valence-corrected chi connectivity index (χ3v) is 6.97. The lowest BCUT2D eigenvalue weighted by atomic mass is 9.69. The third kappa shape index (κ3) is 2.89. The van der Waals surface area contributed by atoms with Crippen LogP contribution in [-0.4, -0.2) is 43.4 Å². The molecule has 0 aromatic heterocycles. The van der Waals surface area contributed by atoms with E-state index in [0.29, 0.717) is 12.2 Å². The maximum atomic E-state index is 6.77. The first-order chi connectivity index (χ1) is 10.8. The minimum atomic E-state index is 0.508. The molecule has 2 heterocycles. The van der Waals surface area contributed by atoms with Crippen molar-refractivity contribution in [1.82, 2.24) is 0 Å². The van der Waals surface area contributed by atoms with Crippen molar-refractivity contribution >= 4 is 0 Å². The number of likely N-dealkylation sites (N-methyl/N-ethyl adjacent to an activating group) is 1. The average Bonchev–Trinajstić information content (AvgIpc) is 2.55. The zero-order chi connectivity index (χ0) is 15.0. The second-order valence-electron chi connectivity index (χ2n) is 8.66. The maximum absolute atomic E-state index is 6.77. The molecule has 22 heavy (non-hydrogen) atoms. The van der Waals surface area contributed by atoms with E-state index in [1.165, 1.54) is 88.3 Å². The molecule has 4 rings (SSSR count). The van der Waals surface area contributed by atoms with Gasteiger partial charge < -0.3 is 9.22 Å². The summed E-state index contributed by atoms with van der Waals surface area (Å²) < 4.78 is 8.04. The number of piperidine rings is 1. The maximum Gasteiger partial charge on any atom is 0.113 e. The van der Waals surface area contributed by atoms with Crippen molar-refractivity contribution < 1.29 is 9.22 Å². The van der Waals surface area contributed by atoms with Gasteiger partial charge in [0.1, 0.15) is 12.6 Å². The molecule has 0 spiro atoms. The number of hydrogen-bond donors (Lipinski definition) is 0. The largest absolute Gasteiger partial charge is 0.368 e. The van der Waals surface area contributed by atoms with Gasteiger partial charge in [-0.25, -0.2) is 0 Å². The molecule has 1 saturated carbocycles. The average molecular weight is 304 g/mol. The van der Waals surface area contributed by atoms with Gasteiger partial charge in [0, 0.05) is 11.8 Å². The molecule has 0 bridgehead atoms. The number of ether oxygens (including phenoxy) is 1. The molecule has 0 N–H and O–H groups in total. The summed E-state index contributed by atoms with van der Waals surface area (Å²) in [6.45, 7) is 4.02. The highest BCUT2D eigenvalue weighted by Gasteiger charge is 2.45. The zero-order valence-corrected chi connectivity index (χ0v) is 14.4. The van der Waals surface area contributed by atoms with Gasteiger partial charge in [0.15, 0.2) is 0 Å². The molecule has 0 aromatic carbocycles. The Bertz CT molecular complexity index is 423. The van der Waals surface area contributed by atoms with Gasteiger partial charge in [-0.15, -0.1) is 0 Å². The predicted octanol–water partition coefficient (Wildman–Crippen LogP) is 4.30. The first-order valence-electron chi connectivity index (χ1n) is 9.94. The lowest BCUT2D eigenvalue weighted by molar-refractivity contribution is -0.917. The summed E-state index contributed by atoms with van der Waals surface area (Å²) in [7, 11) is 2.49. The molecule has 0 aromatic rings. The molecule has 4 aliphatic rings. The second kappa shape index (κ2) is 6.28. The van der Waals surface area contributed by atoms with Gasteiger partial charge in [0.2, 0.25) is 0 Å². The van der Waals surface area contributed by atoms with Crippen LogP contribution in [0.15, 0.2) is 11.6 Å².